The molecule has 5 aliphatic rings. The van der Waals surface area contributed by atoms with E-state index in [9.17, 15) is 0 Å². The van der Waals surface area contributed by atoms with Crippen molar-refractivity contribution in [2.75, 3.05) is 19.7 Å². The molecule has 5 heterocycles. The van der Waals surface area contributed by atoms with Gasteiger partial charge in [-0.1, -0.05) is 11.6 Å². The van der Waals surface area contributed by atoms with Crippen LogP contribution in [0.3, 0.4) is 0 Å². The highest BCUT2D eigenvalue weighted by Crippen LogP contribution is 2.39. The van der Waals surface area contributed by atoms with Crippen molar-refractivity contribution in [3.8, 4) is 0 Å². The number of ether oxygens (including phenoxy) is 1. The SMILES string of the molecule is C[C@H]1[C@H](N2C=CC3=C(Cl)COC3=C2)C2CCN1CC2. The molecule has 102 valence electrons. The molecule has 0 amide bonds. The Labute approximate surface area is 119 Å². The van der Waals surface area contributed by atoms with Gasteiger partial charge in [-0.25, -0.2) is 0 Å². The molecular formula is C15H19ClN2O. The third-order valence-electron chi connectivity index (χ3n) is 5.06. The Bertz CT molecular complexity index is 486. The summed E-state index contributed by atoms with van der Waals surface area (Å²) < 4.78 is 5.65. The van der Waals surface area contributed by atoms with Crippen LogP contribution >= 0.6 is 11.6 Å². The molecule has 4 heteroatoms. The molecule has 5 rings (SSSR count). The number of nitrogens with zero attached hydrogens (tertiary/aromatic N) is 2. The lowest BCUT2D eigenvalue weighted by atomic mass is 9.78. The predicted molar refractivity (Wildman–Crippen MR) is 75.4 cm³/mol. The lowest BCUT2D eigenvalue weighted by molar-refractivity contribution is -0.00763. The zero-order chi connectivity index (χ0) is 13.0. The predicted octanol–water partition coefficient (Wildman–Crippen LogP) is 2.66. The first-order chi connectivity index (χ1) is 9.24. The second-order valence-corrected chi connectivity index (χ2v) is 6.42. The van der Waals surface area contributed by atoms with E-state index in [1.807, 2.05) is 0 Å². The number of rotatable bonds is 1. The van der Waals surface area contributed by atoms with Gasteiger partial charge in [-0.15, -0.1) is 0 Å². The van der Waals surface area contributed by atoms with Crippen LogP contribution in [0.5, 0.6) is 0 Å². The molecule has 3 nitrogen and oxygen atoms in total. The lowest BCUT2D eigenvalue weighted by Crippen LogP contribution is -2.60. The van der Waals surface area contributed by atoms with Crippen LogP contribution in [0.2, 0.25) is 0 Å². The van der Waals surface area contributed by atoms with E-state index in [1.165, 1.54) is 25.9 Å². The number of allylic oxidation sites excluding steroid dienone is 1. The zero-order valence-electron chi connectivity index (χ0n) is 11.2. The summed E-state index contributed by atoms with van der Waals surface area (Å²) in [4.78, 5) is 4.97. The van der Waals surface area contributed by atoms with E-state index in [0.717, 1.165) is 22.3 Å². The third kappa shape index (κ3) is 1.75. The second-order valence-electron chi connectivity index (χ2n) is 5.97. The zero-order valence-corrected chi connectivity index (χ0v) is 11.9. The van der Waals surface area contributed by atoms with Gasteiger partial charge in [-0.2, -0.15) is 0 Å². The quantitative estimate of drug-likeness (QED) is 0.733. The molecule has 0 spiro atoms. The number of hydrogen-bond acceptors (Lipinski definition) is 3. The van der Waals surface area contributed by atoms with E-state index < -0.39 is 0 Å². The Morgan fingerprint density at radius 3 is 2.84 bits per heavy atom. The molecule has 5 aliphatic heterocycles. The highest BCUT2D eigenvalue weighted by molar-refractivity contribution is 6.30. The van der Waals surface area contributed by atoms with Gasteiger partial charge in [0.1, 0.15) is 12.4 Å². The largest absolute Gasteiger partial charge is 0.486 e. The normalized spacial score (nSPS) is 40.3. The van der Waals surface area contributed by atoms with E-state index in [4.69, 9.17) is 16.3 Å². The summed E-state index contributed by atoms with van der Waals surface area (Å²) in [7, 11) is 0. The first-order valence-corrected chi connectivity index (χ1v) is 7.55. The number of piperidine rings is 3. The summed E-state index contributed by atoms with van der Waals surface area (Å²) in [5.41, 5.74) is 1.06. The molecule has 0 radical (unpaired) electrons. The van der Waals surface area contributed by atoms with Crippen molar-refractivity contribution in [2.45, 2.75) is 31.8 Å². The lowest BCUT2D eigenvalue weighted by Gasteiger charge is -2.53. The summed E-state index contributed by atoms with van der Waals surface area (Å²) >= 11 is 6.15. The smallest absolute Gasteiger partial charge is 0.144 e. The van der Waals surface area contributed by atoms with Crippen LogP contribution in [0.1, 0.15) is 19.8 Å². The molecule has 19 heavy (non-hydrogen) atoms. The molecule has 0 aromatic heterocycles. The average molecular weight is 279 g/mol. The van der Waals surface area contributed by atoms with Gasteiger partial charge in [-0.3, -0.25) is 4.90 Å². The highest BCUT2D eigenvalue weighted by Gasteiger charge is 2.42. The van der Waals surface area contributed by atoms with Crippen molar-refractivity contribution in [1.82, 2.24) is 9.80 Å². The van der Waals surface area contributed by atoms with Crippen molar-refractivity contribution in [1.29, 1.82) is 0 Å². The van der Waals surface area contributed by atoms with Crippen molar-refractivity contribution >= 4 is 11.6 Å². The molecule has 0 aliphatic carbocycles. The van der Waals surface area contributed by atoms with Gasteiger partial charge in [0.2, 0.25) is 0 Å². The van der Waals surface area contributed by atoms with Gasteiger partial charge in [0.05, 0.1) is 11.1 Å². The Kier molecular flexibility index (Phi) is 2.68. The van der Waals surface area contributed by atoms with Crippen LogP contribution in [0.4, 0.5) is 0 Å². The molecule has 3 saturated heterocycles. The first kappa shape index (κ1) is 11.9. The molecule has 0 unspecified atom stereocenters. The number of hydrogen-bond donors (Lipinski definition) is 0. The van der Waals surface area contributed by atoms with Gasteiger partial charge in [0.25, 0.3) is 0 Å². The summed E-state index contributed by atoms with van der Waals surface area (Å²) in [5.74, 6) is 1.75. The Balaban J connectivity index is 1.63. The van der Waals surface area contributed by atoms with E-state index in [2.05, 4.69) is 35.2 Å². The highest BCUT2D eigenvalue weighted by atomic mass is 35.5. The van der Waals surface area contributed by atoms with E-state index in [1.54, 1.807) is 0 Å². The van der Waals surface area contributed by atoms with Crippen molar-refractivity contribution in [3.63, 3.8) is 0 Å². The molecule has 2 bridgehead atoms. The van der Waals surface area contributed by atoms with Crippen LogP contribution in [0.25, 0.3) is 0 Å². The Morgan fingerprint density at radius 2 is 2.11 bits per heavy atom. The molecule has 0 N–H and O–H groups in total. The minimum Gasteiger partial charge on any atom is -0.486 e. The van der Waals surface area contributed by atoms with Crippen LogP contribution < -0.4 is 0 Å². The van der Waals surface area contributed by atoms with Gasteiger partial charge in [0.15, 0.2) is 0 Å². The molecule has 3 fully saturated rings. The molecular weight excluding hydrogens is 260 g/mol. The van der Waals surface area contributed by atoms with Crippen molar-refractivity contribution in [2.24, 2.45) is 5.92 Å². The summed E-state index contributed by atoms with van der Waals surface area (Å²) in [5, 5.41) is 0.823. The van der Waals surface area contributed by atoms with E-state index in [-0.39, 0.29) is 0 Å². The first-order valence-electron chi connectivity index (χ1n) is 7.17. The summed E-state index contributed by atoms with van der Waals surface area (Å²) in [6.45, 7) is 5.42. The maximum Gasteiger partial charge on any atom is 0.144 e. The van der Waals surface area contributed by atoms with Crippen molar-refractivity contribution in [3.05, 3.63) is 34.8 Å². The van der Waals surface area contributed by atoms with E-state index in [0.29, 0.717) is 18.7 Å². The molecule has 0 aromatic rings. The summed E-state index contributed by atoms with van der Waals surface area (Å²) in [6.07, 6.45) is 9.08. The maximum absolute atomic E-state index is 6.15. The average Bonchev–Trinajstić information content (AvgIpc) is 2.81. The topological polar surface area (TPSA) is 15.7 Å². The maximum atomic E-state index is 6.15. The molecule has 2 atom stereocenters. The van der Waals surface area contributed by atoms with Gasteiger partial charge >= 0.3 is 0 Å². The minimum absolute atomic E-state index is 0.524. The second kappa shape index (κ2) is 4.29. The summed E-state index contributed by atoms with van der Waals surface area (Å²) in [6, 6.07) is 1.20. The number of halogens is 1. The number of fused-ring (bicyclic) bond motifs is 4. The minimum atomic E-state index is 0.524. The molecule has 0 aromatic carbocycles. The standard InChI is InChI=1S/C15H19ClN2O/c1-10-15(11-2-5-17(10)6-3-11)18-7-4-12-13(16)9-19-14(12)8-18/h4,7-8,10-11,15H,2-3,5-6,9H2,1H3/t10-,15-/m0/s1. The van der Waals surface area contributed by atoms with Crippen molar-refractivity contribution < 1.29 is 4.74 Å². The van der Waals surface area contributed by atoms with Crippen LogP contribution in [-0.2, 0) is 4.74 Å². The van der Waals surface area contributed by atoms with Crippen LogP contribution in [0.15, 0.2) is 34.8 Å². The molecule has 0 saturated carbocycles. The Hall–Kier alpha value is -0.930. The van der Waals surface area contributed by atoms with Gasteiger partial charge < -0.3 is 9.64 Å². The van der Waals surface area contributed by atoms with Crippen LogP contribution in [-0.4, -0.2) is 41.6 Å². The Morgan fingerprint density at radius 1 is 1.32 bits per heavy atom. The fraction of sp³-hybridized carbons (Fsp3) is 0.600. The fourth-order valence-corrected chi connectivity index (χ4v) is 4.22. The fourth-order valence-electron chi connectivity index (χ4n) is 4.00. The monoisotopic (exact) mass is 278 g/mol. The third-order valence-corrected chi connectivity index (χ3v) is 5.38. The van der Waals surface area contributed by atoms with E-state index >= 15 is 0 Å². The van der Waals surface area contributed by atoms with Gasteiger partial charge in [-0.05, 0) is 44.8 Å². The van der Waals surface area contributed by atoms with Gasteiger partial charge in [0, 0.05) is 24.0 Å². The van der Waals surface area contributed by atoms with Crippen LogP contribution in [0, 0.1) is 5.92 Å².